The smallest absolute Gasteiger partial charge is 0.139 e. The average Bonchev–Trinajstić information content (AvgIpc) is 2.43. The van der Waals surface area contributed by atoms with Crippen LogP contribution in [0.4, 0.5) is 10.2 Å². The van der Waals surface area contributed by atoms with Crippen LogP contribution in [0.1, 0.15) is 13.3 Å². The summed E-state index contributed by atoms with van der Waals surface area (Å²) in [7, 11) is 0. The van der Waals surface area contributed by atoms with Crippen molar-refractivity contribution in [1.29, 1.82) is 0 Å². The van der Waals surface area contributed by atoms with Crippen LogP contribution in [0.25, 0.3) is 10.9 Å². The fourth-order valence-corrected chi connectivity index (χ4v) is 2.90. The van der Waals surface area contributed by atoms with Gasteiger partial charge in [-0.05, 0) is 46.5 Å². The van der Waals surface area contributed by atoms with Crippen molar-refractivity contribution in [3.8, 4) is 0 Å². The number of rotatable bonds is 1. The summed E-state index contributed by atoms with van der Waals surface area (Å²) < 4.78 is 14.0. The molecule has 0 saturated carbocycles. The van der Waals surface area contributed by atoms with E-state index in [1.807, 2.05) is 12.1 Å². The molecule has 0 bridgehead atoms. The van der Waals surface area contributed by atoms with E-state index in [0.717, 1.165) is 24.2 Å². The van der Waals surface area contributed by atoms with Crippen molar-refractivity contribution in [1.82, 2.24) is 4.98 Å². The Bertz CT molecular complexity index is 649. The number of anilines is 1. The first-order valence-electron chi connectivity index (χ1n) is 6.73. The molecule has 3 nitrogen and oxygen atoms in total. The highest BCUT2D eigenvalue weighted by atomic mass is 79.9. The third-order valence-corrected chi connectivity index (χ3v) is 4.57. The second-order valence-corrected chi connectivity index (χ2v) is 6.26. The van der Waals surface area contributed by atoms with Crippen LogP contribution < -0.4 is 4.90 Å². The number of nitrogens with zero attached hydrogens (tertiary/aromatic N) is 2. The number of pyridine rings is 1. The molecule has 0 aliphatic carbocycles. The molecule has 0 amide bonds. The minimum atomic E-state index is -0.331. The van der Waals surface area contributed by atoms with Gasteiger partial charge < -0.3 is 10.0 Å². The number of piperidine rings is 1. The van der Waals surface area contributed by atoms with E-state index in [4.69, 9.17) is 0 Å². The zero-order valence-corrected chi connectivity index (χ0v) is 12.8. The van der Waals surface area contributed by atoms with Crippen molar-refractivity contribution in [2.45, 2.75) is 19.4 Å². The summed E-state index contributed by atoms with van der Waals surface area (Å²) in [6.45, 7) is 3.51. The summed E-state index contributed by atoms with van der Waals surface area (Å²) in [6.07, 6.45) is 0.609. The first kappa shape index (κ1) is 13.8. The van der Waals surface area contributed by atoms with Gasteiger partial charge in [0, 0.05) is 24.5 Å². The van der Waals surface area contributed by atoms with Crippen LogP contribution in [0.15, 0.2) is 28.7 Å². The number of hydrogen-bond donors (Lipinski definition) is 1. The van der Waals surface area contributed by atoms with Crippen LogP contribution in [-0.2, 0) is 0 Å². The molecule has 0 radical (unpaired) electrons. The minimum Gasteiger partial charge on any atom is -0.391 e. The zero-order valence-electron chi connectivity index (χ0n) is 11.2. The fourth-order valence-electron chi connectivity index (χ4n) is 2.54. The third kappa shape index (κ3) is 2.52. The molecule has 1 aliphatic rings. The van der Waals surface area contributed by atoms with E-state index < -0.39 is 0 Å². The Balaban J connectivity index is 1.95. The molecule has 1 saturated heterocycles. The Morgan fingerprint density at radius 3 is 2.95 bits per heavy atom. The molecule has 5 heteroatoms. The van der Waals surface area contributed by atoms with E-state index in [2.05, 4.69) is 32.7 Å². The lowest BCUT2D eigenvalue weighted by molar-refractivity contribution is 0.102. The molecule has 1 aliphatic heterocycles. The first-order chi connectivity index (χ1) is 9.54. The summed E-state index contributed by atoms with van der Waals surface area (Å²) >= 11 is 3.18. The van der Waals surface area contributed by atoms with Crippen LogP contribution >= 0.6 is 15.9 Å². The normalized spacial score (nSPS) is 23.3. The van der Waals surface area contributed by atoms with Crippen LogP contribution in [0.3, 0.4) is 0 Å². The fraction of sp³-hybridized carbons (Fsp3) is 0.400. The molecular weight excluding hydrogens is 323 g/mol. The van der Waals surface area contributed by atoms with Crippen LogP contribution in [0, 0.1) is 11.7 Å². The SMILES string of the molecule is CC1CCN(c2ccc3cc(Br)c(F)cc3n2)CC1O. The third-order valence-electron chi connectivity index (χ3n) is 3.96. The summed E-state index contributed by atoms with van der Waals surface area (Å²) in [5.41, 5.74) is 0.635. The summed E-state index contributed by atoms with van der Waals surface area (Å²) in [5, 5.41) is 10.9. The standard InChI is InChI=1S/C15H16BrFN2O/c1-9-4-5-19(8-14(9)20)15-3-2-10-6-11(16)12(17)7-13(10)18-15/h2-3,6-7,9,14,20H,4-5,8H2,1H3. The molecule has 2 aromatic rings. The number of benzene rings is 1. The number of aliphatic hydroxyl groups excluding tert-OH is 1. The van der Waals surface area contributed by atoms with Crippen LogP contribution in [0.5, 0.6) is 0 Å². The van der Waals surface area contributed by atoms with E-state index in [9.17, 15) is 9.50 Å². The van der Waals surface area contributed by atoms with Crippen molar-refractivity contribution < 1.29 is 9.50 Å². The topological polar surface area (TPSA) is 36.4 Å². The molecule has 1 aromatic heterocycles. The predicted octanol–water partition coefficient (Wildman–Crippen LogP) is 3.34. The summed E-state index contributed by atoms with van der Waals surface area (Å²) in [5.74, 6) is 0.805. The van der Waals surface area contributed by atoms with Gasteiger partial charge in [0.1, 0.15) is 11.6 Å². The predicted molar refractivity (Wildman–Crippen MR) is 81.4 cm³/mol. The van der Waals surface area contributed by atoms with Crippen molar-refractivity contribution in [3.05, 3.63) is 34.6 Å². The van der Waals surface area contributed by atoms with Gasteiger partial charge in [0.25, 0.3) is 0 Å². The Morgan fingerprint density at radius 1 is 1.40 bits per heavy atom. The molecule has 3 rings (SSSR count). The van der Waals surface area contributed by atoms with Gasteiger partial charge in [-0.15, -0.1) is 0 Å². The molecule has 2 unspecified atom stereocenters. The highest BCUT2D eigenvalue weighted by molar-refractivity contribution is 9.10. The largest absolute Gasteiger partial charge is 0.391 e. The van der Waals surface area contributed by atoms with Gasteiger partial charge in [0.2, 0.25) is 0 Å². The zero-order chi connectivity index (χ0) is 14.3. The van der Waals surface area contributed by atoms with E-state index in [1.54, 1.807) is 6.07 Å². The lowest BCUT2D eigenvalue weighted by atomic mass is 9.96. The maximum absolute atomic E-state index is 13.6. The number of aromatic nitrogens is 1. The molecule has 1 fully saturated rings. The molecular formula is C15H16BrFN2O. The van der Waals surface area contributed by atoms with Gasteiger partial charge in [0.05, 0.1) is 16.1 Å². The maximum Gasteiger partial charge on any atom is 0.139 e. The Kier molecular flexibility index (Phi) is 3.65. The Morgan fingerprint density at radius 2 is 2.20 bits per heavy atom. The molecule has 1 N–H and O–H groups in total. The summed E-state index contributed by atoms with van der Waals surface area (Å²) in [4.78, 5) is 6.57. The Hall–Kier alpha value is -1.20. The molecule has 2 atom stereocenters. The van der Waals surface area contributed by atoms with Gasteiger partial charge in [-0.25, -0.2) is 9.37 Å². The second kappa shape index (κ2) is 5.30. The van der Waals surface area contributed by atoms with Gasteiger partial charge in [0.15, 0.2) is 0 Å². The van der Waals surface area contributed by atoms with Crippen LogP contribution in [0.2, 0.25) is 0 Å². The number of halogens is 2. The molecule has 2 heterocycles. The van der Waals surface area contributed by atoms with Gasteiger partial charge >= 0.3 is 0 Å². The lowest BCUT2D eigenvalue weighted by Crippen LogP contribution is -2.43. The molecule has 106 valence electrons. The van der Waals surface area contributed by atoms with Crippen molar-refractivity contribution >= 4 is 32.7 Å². The number of β-amino-alcohol motifs (C(OH)–C–C–N with tert-alkyl or cyclic N) is 1. The summed E-state index contributed by atoms with van der Waals surface area (Å²) in [6, 6.07) is 7.03. The van der Waals surface area contributed by atoms with Crippen molar-refractivity contribution in [2.24, 2.45) is 5.92 Å². The van der Waals surface area contributed by atoms with E-state index in [0.29, 0.717) is 22.5 Å². The molecule has 1 aromatic carbocycles. The highest BCUT2D eigenvalue weighted by Crippen LogP contribution is 2.26. The maximum atomic E-state index is 13.6. The van der Waals surface area contributed by atoms with E-state index in [1.165, 1.54) is 6.07 Å². The first-order valence-corrected chi connectivity index (χ1v) is 7.53. The van der Waals surface area contributed by atoms with E-state index in [-0.39, 0.29) is 11.9 Å². The monoisotopic (exact) mass is 338 g/mol. The lowest BCUT2D eigenvalue weighted by Gasteiger charge is -2.35. The number of hydrogen-bond acceptors (Lipinski definition) is 3. The molecule has 20 heavy (non-hydrogen) atoms. The van der Waals surface area contributed by atoms with E-state index >= 15 is 0 Å². The van der Waals surface area contributed by atoms with Gasteiger partial charge in [-0.1, -0.05) is 6.92 Å². The van der Waals surface area contributed by atoms with Crippen molar-refractivity contribution in [2.75, 3.05) is 18.0 Å². The van der Waals surface area contributed by atoms with Crippen molar-refractivity contribution in [3.63, 3.8) is 0 Å². The highest BCUT2D eigenvalue weighted by Gasteiger charge is 2.25. The minimum absolute atomic E-state index is 0.311. The average molecular weight is 339 g/mol. The Labute approximate surface area is 125 Å². The quantitative estimate of drug-likeness (QED) is 0.866. The number of fused-ring (bicyclic) bond motifs is 1. The second-order valence-electron chi connectivity index (χ2n) is 5.41. The van der Waals surface area contributed by atoms with Gasteiger partial charge in [-0.3, -0.25) is 0 Å². The van der Waals surface area contributed by atoms with Gasteiger partial charge in [-0.2, -0.15) is 0 Å². The molecule has 0 spiro atoms. The van der Waals surface area contributed by atoms with Crippen LogP contribution in [-0.4, -0.2) is 29.3 Å². The number of aliphatic hydroxyl groups is 1.